The van der Waals surface area contributed by atoms with E-state index in [0.717, 1.165) is 5.56 Å². The van der Waals surface area contributed by atoms with Crippen LogP contribution in [0, 0.1) is 5.41 Å². The molecule has 0 amide bonds. The van der Waals surface area contributed by atoms with Crippen molar-refractivity contribution in [1.82, 2.24) is 0 Å². The minimum absolute atomic E-state index is 0.107. The van der Waals surface area contributed by atoms with Crippen LogP contribution < -0.4 is 0 Å². The second kappa shape index (κ2) is 5.30. The Bertz CT molecular complexity index is 319. The van der Waals surface area contributed by atoms with E-state index in [4.69, 9.17) is 9.15 Å². The average molecular weight is 224 g/mol. The molecule has 0 N–H and O–H groups in total. The molecule has 1 heterocycles. The van der Waals surface area contributed by atoms with Gasteiger partial charge < -0.3 is 9.15 Å². The molecule has 0 spiro atoms. The third-order valence-corrected chi connectivity index (χ3v) is 2.37. The van der Waals surface area contributed by atoms with Gasteiger partial charge in [0.25, 0.3) is 0 Å². The zero-order valence-corrected chi connectivity index (χ0v) is 10.4. The smallest absolute Gasteiger partial charge is 0.166 e. The fourth-order valence-corrected chi connectivity index (χ4v) is 1.68. The number of hydrogen-bond donors (Lipinski definition) is 0. The SMILES string of the molecule is CCOC(C(=O)Cc1ccoc1)C(C)(C)C. The van der Waals surface area contributed by atoms with Crippen molar-refractivity contribution in [2.45, 2.75) is 40.2 Å². The van der Waals surface area contributed by atoms with Gasteiger partial charge in [0.1, 0.15) is 6.10 Å². The molecule has 0 fully saturated rings. The summed E-state index contributed by atoms with van der Waals surface area (Å²) in [6.07, 6.45) is 3.20. The molecule has 0 bridgehead atoms. The monoisotopic (exact) mass is 224 g/mol. The number of carbonyl (C=O) groups is 1. The third-order valence-electron chi connectivity index (χ3n) is 2.37. The van der Waals surface area contributed by atoms with Crippen molar-refractivity contribution in [2.75, 3.05) is 6.61 Å². The van der Waals surface area contributed by atoms with Crippen LogP contribution in [-0.4, -0.2) is 18.5 Å². The molecule has 0 radical (unpaired) electrons. The Morgan fingerprint density at radius 3 is 2.62 bits per heavy atom. The Morgan fingerprint density at radius 2 is 2.19 bits per heavy atom. The van der Waals surface area contributed by atoms with Crippen molar-refractivity contribution in [3.63, 3.8) is 0 Å². The van der Waals surface area contributed by atoms with Crippen molar-refractivity contribution in [2.24, 2.45) is 5.41 Å². The van der Waals surface area contributed by atoms with Gasteiger partial charge in [-0.1, -0.05) is 20.8 Å². The summed E-state index contributed by atoms with van der Waals surface area (Å²) in [4.78, 5) is 12.1. The quantitative estimate of drug-likeness (QED) is 0.772. The summed E-state index contributed by atoms with van der Waals surface area (Å²) >= 11 is 0. The zero-order chi connectivity index (χ0) is 12.2. The molecule has 3 heteroatoms. The van der Waals surface area contributed by atoms with Gasteiger partial charge in [0.2, 0.25) is 0 Å². The highest BCUT2D eigenvalue weighted by atomic mass is 16.5. The van der Waals surface area contributed by atoms with E-state index in [2.05, 4.69) is 0 Å². The Morgan fingerprint density at radius 1 is 1.50 bits per heavy atom. The van der Waals surface area contributed by atoms with E-state index in [-0.39, 0.29) is 17.3 Å². The molecule has 1 rings (SSSR count). The maximum absolute atomic E-state index is 12.1. The van der Waals surface area contributed by atoms with Crippen molar-refractivity contribution >= 4 is 5.78 Å². The topological polar surface area (TPSA) is 39.4 Å². The Kier molecular flexibility index (Phi) is 4.30. The minimum atomic E-state index is -0.354. The molecular formula is C13H20O3. The maximum atomic E-state index is 12.1. The molecule has 3 nitrogen and oxygen atoms in total. The molecule has 1 aromatic rings. The van der Waals surface area contributed by atoms with E-state index in [1.165, 1.54) is 0 Å². The number of hydrogen-bond acceptors (Lipinski definition) is 3. The first-order chi connectivity index (χ1) is 7.45. The number of furan rings is 1. The molecule has 0 aliphatic carbocycles. The predicted octanol–water partition coefficient (Wildman–Crippen LogP) is 2.84. The molecule has 0 aliphatic rings. The highest BCUT2D eigenvalue weighted by Gasteiger charge is 2.31. The van der Waals surface area contributed by atoms with Crippen molar-refractivity contribution < 1.29 is 13.9 Å². The largest absolute Gasteiger partial charge is 0.472 e. The lowest BCUT2D eigenvalue weighted by Crippen LogP contribution is -2.38. The van der Waals surface area contributed by atoms with E-state index in [1.807, 2.05) is 33.8 Å². The highest BCUT2D eigenvalue weighted by molar-refractivity contribution is 5.85. The number of rotatable bonds is 5. The summed E-state index contributed by atoms with van der Waals surface area (Å²) in [6, 6.07) is 1.81. The van der Waals surface area contributed by atoms with E-state index >= 15 is 0 Å². The van der Waals surface area contributed by atoms with Crippen LogP contribution in [0.25, 0.3) is 0 Å². The number of ketones is 1. The van der Waals surface area contributed by atoms with Crippen LogP contribution in [0.2, 0.25) is 0 Å². The normalized spacial score (nSPS) is 13.8. The molecule has 1 aromatic heterocycles. The fourth-order valence-electron chi connectivity index (χ4n) is 1.68. The average Bonchev–Trinajstić information content (AvgIpc) is 2.64. The molecule has 0 saturated heterocycles. The first-order valence-corrected chi connectivity index (χ1v) is 5.60. The molecule has 1 unspecified atom stereocenters. The number of Topliss-reactive ketones (excluding diaryl/α,β-unsaturated/α-hetero) is 1. The van der Waals surface area contributed by atoms with E-state index < -0.39 is 0 Å². The van der Waals surface area contributed by atoms with Crippen molar-refractivity contribution in [3.05, 3.63) is 24.2 Å². The van der Waals surface area contributed by atoms with E-state index in [1.54, 1.807) is 12.5 Å². The minimum Gasteiger partial charge on any atom is -0.472 e. The van der Waals surface area contributed by atoms with Gasteiger partial charge in [-0.25, -0.2) is 0 Å². The van der Waals surface area contributed by atoms with E-state index in [0.29, 0.717) is 13.0 Å². The standard InChI is InChI=1S/C13H20O3/c1-5-16-12(13(2,3)4)11(14)8-10-6-7-15-9-10/h6-7,9,12H,5,8H2,1-4H3. The Balaban J connectivity index is 2.68. The molecule has 0 aromatic carbocycles. The summed E-state index contributed by atoms with van der Waals surface area (Å²) in [5.74, 6) is 0.107. The van der Waals surface area contributed by atoms with Crippen LogP contribution in [0.3, 0.4) is 0 Å². The molecule has 16 heavy (non-hydrogen) atoms. The number of ether oxygens (including phenoxy) is 1. The molecular weight excluding hydrogens is 204 g/mol. The fraction of sp³-hybridized carbons (Fsp3) is 0.615. The summed E-state index contributed by atoms with van der Waals surface area (Å²) in [5.41, 5.74) is 0.732. The third kappa shape index (κ3) is 3.49. The van der Waals surface area contributed by atoms with E-state index in [9.17, 15) is 4.79 Å². The number of carbonyl (C=O) groups excluding carboxylic acids is 1. The second-order valence-corrected chi connectivity index (χ2v) is 4.98. The first-order valence-electron chi connectivity index (χ1n) is 5.60. The van der Waals surface area contributed by atoms with Crippen LogP contribution in [0.15, 0.2) is 23.0 Å². The lowest BCUT2D eigenvalue weighted by atomic mass is 9.85. The lowest BCUT2D eigenvalue weighted by molar-refractivity contribution is -0.136. The van der Waals surface area contributed by atoms with Crippen LogP contribution in [-0.2, 0) is 16.0 Å². The van der Waals surface area contributed by atoms with Gasteiger partial charge in [-0.3, -0.25) is 4.79 Å². The van der Waals surface area contributed by atoms with Crippen LogP contribution in [0.4, 0.5) is 0 Å². The lowest BCUT2D eigenvalue weighted by Gasteiger charge is -2.29. The van der Waals surface area contributed by atoms with Gasteiger partial charge in [-0.2, -0.15) is 0 Å². The van der Waals surface area contributed by atoms with Gasteiger partial charge >= 0.3 is 0 Å². The van der Waals surface area contributed by atoms with Gasteiger partial charge in [-0.05, 0) is 24.0 Å². The molecule has 0 saturated carbocycles. The zero-order valence-electron chi connectivity index (χ0n) is 10.4. The van der Waals surface area contributed by atoms with Gasteiger partial charge in [0.05, 0.1) is 12.5 Å². The van der Waals surface area contributed by atoms with Crippen molar-refractivity contribution in [1.29, 1.82) is 0 Å². The Labute approximate surface area is 96.8 Å². The summed E-state index contributed by atoms with van der Waals surface area (Å²) in [6.45, 7) is 8.50. The molecule has 90 valence electrons. The molecule has 1 atom stereocenters. The summed E-state index contributed by atoms with van der Waals surface area (Å²) in [5, 5.41) is 0. The molecule has 0 aliphatic heterocycles. The first kappa shape index (κ1) is 13.0. The van der Waals surface area contributed by atoms with Gasteiger partial charge in [0, 0.05) is 13.0 Å². The van der Waals surface area contributed by atoms with Crippen LogP contribution in [0.1, 0.15) is 33.3 Å². The van der Waals surface area contributed by atoms with Gasteiger partial charge in [-0.15, -0.1) is 0 Å². The summed E-state index contributed by atoms with van der Waals surface area (Å²) < 4.78 is 10.5. The predicted molar refractivity (Wildman–Crippen MR) is 62.3 cm³/mol. The van der Waals surface area contributed by atoms with Crippen molar-refractivity contribution in [3.8, 4) is 0 Å². The van der Waals surface area contributed by atoms with Gasteiger partial charge in [0.15, 0.2) is 5.78 Å². The van der Waals surface area contributed by atoms with Crippen LogP contribution >= 0.6 is 0 Å². The second-order valence-electron chi connectivity index (χ2n) is 4.98. The summed E-state index contributed by atoms with van der Waals surface area (Å²) in [7, 11) is 0. The van der Waals surface area contributed by atoms with Crippen LogP contribution in [0.5, 0.6) is 0 Å². The maximum Gasteiger partial charge on any atom is 0.166 e. The highest BCUT2D eigenvalue weighted by Crippen LogP contribution is 2.24. The Hall–Kier alpha value is -1.09.